The molecule has 14 nitrogen and oxygen atoms in total. The van der Waals surface area contributed by atoms with Gasteiger partial charge in [-0.2, -0.15) is 0 Å². The number of aromatic nitrogens is 2. The van der Waals surface area contributed by atoms with E-state index in [1.165, 1.54) is 51.9 Å². The first-order valence-corrected chi connectivity index (χ1v) is 16.3. The van der Waals surface area contributed by atoms with E-state index in [2.05, 4.69) is 20.4 Å². The molecule has 2 aliphatic heterocycles. The maximum Gasteiger partial charge on any atom is 0.512 e. The quantitative estimate of drug-likeness (QED) is 0.0526. The molecule has 5 rings (SSSR count). The van der Waals surface area contributed by atoms with Crippen LogP contribution in [0, 0.1) is 0 Å². The molecule has 1 saturated heterocycles. The average molecular weight is 665 g/mol. The van der Waals surface area contributed by atoms with Crippen molar-refractivity contribution >= 4 is 75.0 Å². The lowest BCUT2D eigenvalue weighted by Crippen LogP contribution is -2.70. The van der Waals surface area contributed by atoms with Gasteiger partial charge < -0.3 is 35.9 Å². The molecule has 0 saturated carbocycles. The number of hydrogen-bond acceptors (Lipinski definition) is 15. The Balaban J connectivity index is 1.29. The van der Waals surface area contributed by atoms with Crippen LogP contribution in [0.1, 0.15) is 19.5 Å². The van der Waals surface area contributed by atoms with E-state index in [4.69, 9.17) is 15.3 Å². The zero-order valence-corrected chi connectivity index (χ0v) is 25.7. The highest BCUT2D eigenvalue weighted by Gasteiger charge is 2.54. The molecule has 1 aromatic carbocycles. The number of carboxylic acid groups (broad SMARTS) is 1. The van der Waals surface area contributed by atoms with Crippen molar-refractivity contribution in [1.29, 1.82) is 0 Å². The number of anilines is 1. The molecule has 226 valence electrons. The SMILES string of the molecule is CC(C)ON=C(C(=O)N[C@@H]1C(=O)N2C(OC(=O)O)=C(CSc3nc(-c4ccc(O)c(O)c4)cs3)CS[C@@H]12)c1csc(N)n1. The molecule has 0 bridgehead atoms. The van der Waals surface area contributed by atoms with E-state index in [-0.39, 0.29) is 45.8 Å². The third-order valence-electron chi connectivity index (χ3n) is 5.92. The Morgan fingerprint density at radius 1 is 1.23 bits per heavy atom. The molecule has 0 radical (unpaired) electrons. The van der Waals surface area contributed by atoms with Crippen molar-refractivity contribution in [2.45, 2.75) is 35.7 Å². The highest BCUT2D eigenvalue weighted by molar-refractivity contribution is 8.01. The predicted molar refractivity (Wildman–Crippen MR) is 162 cm³/mol. The van der Waals surface area contributed by atoms with Crippen LogP contribution in [0.15, 0.2) is 49.9 Å². The number of nitrogens with zero attached hydrogens (tertiary/aromatic N) is 4. The van der Waals surface area contributed by atoms with Gasteiger partial charge >= 0.3 is 6.16 Å². The lowest BCUT2D eigenvalue weighted by Gasteiger charge is -2.49. The van der Waals surface area contributed by atoms with Crippen molar-refractivity contribution < 1.29 is 39.3 Å². The number of benzene rings is 1. The molecule has 0 aliphatic carbocycles. The van der Waals surface area contributed by atoms with E-state index < -0.39 is 29.4 Å². The number of aromatic hydroxyl groups is 2. The minimum absolute atomic E-state index is 0.0937. The largest absolute Gasteiger partial charge is 0.512 e. The number of thioether (sulfide) groups is 2. The van der Waals surface area contributed by atoms with Crippen molar-refractivity contribution in [1.82, 2.24) is 20.2 Å². The van der Waals surface area contributed by atoms with Crippen LogP contribution in [-0.4, -0.2) is 82.9 Å². The molecule has 2 amide bonds. The fraction of sp³-hybridized carbons (Fsp3) is 0.280. The fourth-order valence-electron chi connectivity index (χ4n) is 3.97. The summed E-state index contributed by atoms with van der Waals surface area (Å²) in [4.78, 5) is 53.0. The van der Waals surface area contributed by atoms with E-state index in [0.29, 0.717) is 26.9 Å². The first kappa shape index (κ1) is 30.5. The van der Waals surface area contributed by atoms with Crippen LogP contribution in [0.3, 0.4) is 0 Å². The summed E-state index contributed by atoms with van der Waals surface area (Å²) in [7, 11) is 0. The van der Waals surface area contributed by atoms with E-state index in [1.54, 1.807) is 30.7 Å². The van der Waals surface area contributed by atoms with Crippen molar-refractivity contribution in [3.05, 3.63) is 46.1 Å². The molecule has 0 unspecified atom stereocenters. The van der Waals surface area contributed by atoms with Gasteiger partial charge in [0.15, 0.2) is 26.7 Å². The maximum atomic E-state index is 13.2. The van der Waals surface area contributed by atoms with Crippen LogP contribution in [-0.2, 0) is 19.2 Å². The molecule has 43 heavy (non-hydrogen) atoms. The highest BCUT2D eigenvalue weighted by atomic mass is 32.2. The molecular weight excluding hydrogens is 641 g/mol. The van der Waals surface area contributed by atoms with Gasteiger partial charge in [-0.3, -0.25) is 14.5 Å². The number of carbonyl (C=O) groups is 3. The average Bonchev–Trinajstić information content (AvgIpc) is 3.61. The molecule has 2 atom stereocenters. The second-order valence-corrected chi connectivity index (χ2v) is 13.4. The van der Waals surface area contributed by atoms with E-state index >= 15 is 0 Å². The molecule has 3 aromatic rings. The predicted octanol–water partition coefficient (Wildman–Crippen LogP) is 3.49. The van der Waals surface area contributed by atoms with Crippen molar-refractivity contribution in [2.75, 3.05) is 17.2 Å². The fourth-order valence-corrected chi connectivity index (χ4v) is 7.80. The number of ether oxygens (including phenoxy) is 1. The van der Waals surface area contributed by atoms with Gasteiger partial charge in [0.1, 0.15) is 23.2 Å². The van der Waals surface area contributed by atoms with Gasteiger partial charge in [-0.1, -0.05) is 16.9 Å². The number of oxime groups is 1. The number of amides is 2. The molecule has 2 aliphatic rings. The standard InChI is InChI=1S/C25H24N6O8S4/c1-10(2)39-30-17(14-9-41-23(26)27-14)19(34)29-18-20(35)31-21(38-25(36)37)12(6-40-22(18)31)7-42-24-28-13(8-43-24)11-3-4-15(32)16(33)5-11/h3-5,8-10,18,22,32-33H,6-7H2,1-2H3,(H2,26,27)(H,29,34)(H,36,37)/t18-,22+/m1/s1. The Morgan fingerprint density at radius 2 is 2.02 bits per heavy atom. The molecule has 4 heterocycles. The molecular formula is C25H24N6O8S4. The summed E-state index contributed by atoms with van der Waals surface area (Å²) < 4.78 is 5.72. The number of nitrogens with one attached hydrogen (secondary N) is 1. The number of rotatable bonds is 10. The third kappa shape index (κ3) is 6.66. The van der Waals surface area contributed by atoms with Gasteiger partial charge in [-0.05, 0) is 32.0 Å². The number of β-lactam (4-membered cyclic amide) rings is 1. The second kappa shape index (κ2) is 12.7. The number of nitrogen functional groups attached to an aromatic ring is 1. The van der Waals surface area contributed by atoms with Gasteiger partial charge in [0, 0.05) is 33.4 Å². The van der Waals surface area contributed by atoms with E-state index in [1.807, 2.05) is 0 Å². The molecule has 18 heteroatoms. The van der Waals surface area contributed by atoms with Crippen LogP contribution in [0.4, 0.5) is 9.93 Å². The van der Waals surface area contributed by atoms with Crippen LogP contribution in [0.25, 0.3) is 11.3 Å². The topological polar surface area (TPSA) is 210 Å². The van der Waals surface area contributed by atoms with E-state index in [0.717, 1.165) is 11.3 Å². The zero-order chi connectivity index (χ0) is 30.8. The monoisotopic (exact) mass is 664 g/mol. The number of carbonyl (C=O) groups excluding carboxylic acids is 2. The lowest BCUT2D eigenvalue weighted by atomic mass is 10.1. The molecule has 1 fully saturated rings. The van der Waals surface area contributed by atoms with Crippen LogP contribution in [0.5, 0.6) is 11.5 Å². The Labute approximate surface area is 260 Å². The molecule has 2 aromatic heterocycles. The molecule has 6 N–H and O–H groups in total. The van der Waals surface area contributed by atoms with Gasteiger partial charge in [-0.15, -0.1) is 34.4 Å². The summed E-state index contributed by atoms with van der Waals surface area (Å²) in [5.41, 5.74) is 7.54. The number of phenolic OH excluding ortho intramolecular Hbond substituents is 2. The van der Waals surface area contributed by atoms with Gasteiger partial charge in [-0.25, -0.2) is 14.8 Å². The minimum Gasteiger partial charge on any atom is -0.504 e. The number of hydrogen-bond donors (Lipinski definition) is 5. The first-order valence-electron chi connectivity index (χ1n) is 12.5. The van der Waals surface area contributed by atoms with Crippen molar-refractivity contribution in [3.63, 3.8) is 0 Å². The summed E-state index contributed by atoms with van der Waals surface area (Å²) >= 11 is 5.15. The summed E-state index contributed by atoms with van der Waals surface area (Å²) in [6.07, 6.45) is -1.89. The minimum atomic E-state index is -1.58. The Kier molecular flexibility index (Phi) is 9.00. The van der Waals surface area contributed by atoms with Crippen LogP contribution < -0.4 is 11.1 Å². The van der Waals surface area contributed by atoms with Gasteiger partial charge in [0.25, 0.3) is 11.8 Å². The maximum absolute atomic E-state index is 13.2. The Bertz CT molecular complexity index is 1640. The number of fused-ring (bicyclic) bond motifs is 1. The first-order chi connectivity index (χ1) is 20.5. The normalized spacial score (nSPS) is 18.3. The zero-order valence-electron chi connectivity index (χ0n) is 22.4. The van der Waals surface area contributed by atoms with Crippen molar-refractivity contribution in [3.8, 4) is 22.8 Å². The van der Waals surface area contributed by atoms with Crippen molar-refractivity contribution in [2.24, 2.45) is 5.16 Å². The van der Waals surface area contributed by atoms with Gasteiger partial charge in [0.05, 0.1) is 5.69 Å². The van der Waals surface area contributed by atoms with Crippen LogP contribution in [0.2, 0.25) is 0 Å². The summed E-state index contributed by atoms with van der Waals surface area (Å²) in [6, 6.07) is 3.43. The number of phenols is 2. The highest BCUT2D eigenvalue weighted by Crippen LogP contribution is 2.42. The Morgan fingerprint density at radius 3 is 2.70 bits per heavy atom. The van der Waals surface area contributed by atoms with Crippen LogP contribution >= 0.6 is 46.2 Å². The Hall–Kier alpha value is -4.00. The lowest BCUT2D eigenvalue weighted by molar-refractivity contribution is -0.148. The third-order valence-corrected chi connectivity index (χ3v) is 10.0. The number of thiazole rings is 2. The summed E-state index contributed by atoms with van der Waals surface area (Å²) in [6.45, 7) is 3.48. The molecule has 0 spiro atoms. The summed E-state index contributed by atoms with van der Waals surface area (Å²) in [5.74, 6) is -1.22. The summed E-state index contributed by atoms with van der Waals surface area (Å²) in [5, 5.41) is 38.3. The van der Waals surface area contributed by atoms with Gasteiger partial charge in [0.2, 0.25) is 5.88 Å². The number of nitrogens with two attached hydrogens (primary N) is 1. The second-order valence-electron chi connectivity index (χ2n) is 9.29. The smallest absolute Gasteiger partial charge is 0.504 e. The van der Waals surface area contributed by atoms with E-state index in [9.17, 15) is 29.7 Å².